The summed E-state index contributed by atoms with van der Waals surface area (Å²) < 4.78 is 11.0. The van der Waals surface area contributed by atoms with Crippen molar-refractivity contribution in [2.75, 3.05) is 7.11 Å². The van der Waals surface area contributed by atoms with Crippen LogP contribution in [0.25, 0.3) is 0 Å². The number of benzene rings is 2. The van der Waals surface area contributed by atoms with E-state index in [4.69, 9.17) is 9.47 Å². The first-order valence-corrected chi connectivity index (χ1v) is 6.41. The van der Waals surface area contributed by atoms with Crippen molar-refractivity contribution in [2.24, 2.45) is 0 Å². The maximum atomic E-state index is 5.86. The SMILES string of the molecule is COc1ccc(Oc2cccc(C(C)(C)C)c2)cc1. The minimum absolute atomic E-state index is 0.124. The van der Waals surface area contributed by atoms with Gasteiger partial charge in [0, 0.05) is 0 Å². The Morgan fingerprint density at radius 1 is 0.789 bits per heavy atom. The molecule has 2 aromatic rings. The van der Waals surface area contributed by atoms with Crippen LogP contribution in [0.4, 0.5) is 0 Å². The van der Waals surface area contributed by atoms with E-state index >= 15 is 0 Å². The smallest absolute Gasteiger partial charge is 0.127 e. The van der Waals surface area contributed by atoms with Crippen molar-refractivity contribution < 1.29 is 9.47 Å². The maximum Gasteiger partial charge on any atom is 0.127 e. The van der Waals surface area contributed by atoms with Gasteiger partial charge in [0.25, 0.3) is 0 Å². The molecule has 0 atom stereocenters. The van der Waals surface area contributed by atoms with E-state index in [2.05, 4.69) is 32.9 Å². The second kappa shape index (κ2) is 5.35. The predicted octanol–water partition coefficient (Wildman–Crippen LogP) is 4.79. The third-order valence-electron chi connectivity index (χ3n) is 3.00. The topological polar surface area (TPSA) is 18.5 Å². The molecule has 0 saturated heterocycles. The van der Waals surface area contributed by atoms with Gasteiger partial charge in [-0.1, -0.05) is 32.9 Å². The molecule has 0 aliphatic heterocycles. The molecule has 2 heteroatoms. The minimum Gasteiger partial charge on any atom is -0.497 e. The fraction of sp³-hybridized carbons (Fsp3) is 0.294. The Bertz CT molecular complexity index is 536. The van der Waals surface area contributed by atoms with Gasteiger partial charge in [0.1, 0.15) is 17.2 Å². The van der Waals surface area contributed by atoms with Gasteiger partial charge in [-0.15, -0.1) is 0 Å². The zero-order valence-electron chi connectivity index (χ0n) is 11.9. The average Bonchev–Trinajstić information content (AvgIpc) is 2.39. The molecular weight excluding hydrogens is 236 g/mol. The summed E-state index contributed by atoms with van der Waals surface area (Å²) in [5.74, 6) is 2.50. The summed E-state index contributed by atoms with van der Waals surface area (Å²) in [6.45, 7) is 6.58. The summed E-state index contributed by atoms with van der Waals surface area (Å²) in [4.78, 5) is 0. The van der Waals surface area contributed by atoms with Crippen molar-refractivity contribution in [2.45, 2.75) is 26.2 Å². The summed E-state index contributed by atoms with van der Waals surface area (Å²) in [5.41, 5.74) is 1.39. The van der Waals surface area contributed by atoms with Crippen molar-refractivity contribution in [1.82, 2.24) is 0 Å². The molecule has 0 radical (unpaired) electrons. The first-order valence-electron chi connectivity index (χ1n) is 6.41. The molecule has 0 aromatic heterocycles. The number of ether oxygens (including phenoxy) is 2. The molecule has 0 aliphatic rings. The van der Waals surface area contributed by atoms with Crippen LogP contribution in [0.5, 0.6) is 17.2 Å². The van der Waals surface area contributed by atoms with Gasteiger partial charge >= 0.3 is 0 Å². The number of methoxy groups -OCH3 is 1. The van der Waals surface area contributed by atoms with Crippen LogP contribution in [0.3, 0.4) is 0 Å². The third kappa shape index (κ3) is 3.50. The summed E-state index contributed by atoms with van der Waals surface area (Å²) in [7, 11) is 1.66. The lowest BCUT2D eigenvalue weighted by Crippen LogP contribution is -2.10. The zero-order valence-corrected chi connectivity index (χ0v) is 11.9. The molecule has 0 amide bonds. The van der Waals surface area contributed by atoms with Crippen LogP contribution in [0.2, 0.25) is 0 Å². The van der Waals surface area contributed by atoms with E-state index in [9.17, 15) is 0 Å². The quantitative estimate of drug-likeness (QED) is 0.786. The van der Waals surface area contributed by atoms with Crippen molar-refractivity contribution in [3.63, 3.8) is 0 Å². The molecule has 0 unspecified atom stereocenters. The first-order chi connectivity index (χ1) is 8.99. The van der Waals surface area contributed by atoms with Gasteiger partial charge in [0.15, 0.2) is 0 Å². The van der Waals surface area contributed by atoms with E-state index in [0.717, 1.165) is 17.2 Å². The summed E-state index contributed by atoms with van der Waals surface area (Å²) in [6.07, 6.45) is 0. The summed E-state index contributed by atoms with van der Waals surface area (Å²) in [5, 5.41) is 0. The van der Waals surface area contributed by atoms with Gasteiger partial charge in [-0.05, 0) is 47.4 Å². The van der Waals surface area contributed by atoms with E-state index in [1.165, 1.54) is 5.56 Å². The summed E-state index contributed by atoms with van der Waals surface area (Å²) in [6, 6.07) is 15.8. The highest BCUT2D eigenvalue weighted by Crippen LogP contribution is 2.29. The van der Waals surface area contributed by atoms with Crippen molar-refractivity contribution in [3.8, 4) is 17.2 Å². The van der Waals surface area contributed by atoms with Gasteiger partial charge in [0.2, 0.25) is 0 Å². The van der Waals surface area contributed by atoms with Crippen LogP contribution in [-0.4, -0.2) is 7.11 Å². The Morgan fingerprint density at radius 3 is 2.00 bits per heavy atom. The molecule has 0 spiro atoms. The van der Waals surface area contributed by atoms with Crippen LogP contribution >= 0.6 is 0 Å². The highest BCUT2D eigenvalue weighted by atomic mass is 16.5. The van der Waals surface area contributed by atoms with E-state index in [1.54, 1.807) is 7.11 Å². The molecular formula is C17H20O2. The molecule has 100 valence electrons. The lowest BCUT2D eigenvalue weighted by atomic mass is 9.87. The van der Waals surface area contributed by atoms with Crippen LogP contribution in [0, 0.1) is 0 Å². The minimum atomic E-state index is 0.124. The number of rotatable bonds is 3. The predicted molar refractivity (Wildman–Crippen MR) is 78.2 cm³/mol. The molecule has 0 N–H and O–H groups in total. The number of hydrogen-bond donors (Lipinski definition) is 0. The molecule has 19 heavy (non-hydrogen) atoms. The highest BCUT2D eigenvalue weighted by Gasteiger charge is 2.14. The van der Waals surface area contributed by atoms with Gasteiger partial charge < -0.3 is 9.47 Å². The van der Waals surface area contributed by atoms with E-state index in [1.807, 2.05) is 36.4 Å². The molecule has 0 fully saturated rings. The second-order valence-corrected chi connectivity index (χ2v) is 5.56. The molecule has 0 saturated carbocycles. The molecule has 2 rings (SSSR count). The maximum absolute atomic E-state index is 5.86. The number of hydrogen-bond acceptors (Lipinski definition) is 2. The largest absolute Gasteiger partial charge is 0.497 e. The van der Waals surface area contributed by atoms with Gasteiger partial charge in [-0.25, -0.2) is 0 Å². The Kier molecular flexibility index (Phi) is 3.79. The first kappa shape index (κ1) is 13.5. The zero-order chi connectivity index (χ0) is 13.9. The van der Waals surface area contributed by atoms with Crippen LogP contribution in [0.1, 0.15) is 26.3 Å². The Balaban J connectivity index is 2.18. The summed E-state index contributed by atoms with van der Waals surface area (Å²) >= 11 is 0. The Morgan fingerprint density at radius 2 is 1.42 bits per heavy atom. The van der Waals surface area contributed by atoms with Gasteiger partial charge in [-0.2, -0.15) is 0 Å². The molecule has 0 aliphatic carbocycles. The monoisotopic (exact) mass is 256 g/mol. The molecule has 0 bridgehead atoms. The molecule has 0 heterocycles. The van der Waals surface area contributed by atoms with Crippen LogP contribution in [-0.2, 0) is 5.41 Å². The molecule has 2 aromatic carbocycles. The second-order valence-electron chi connectivity index (χ2n) is 5.56. The van der Waals surface area contributed by atoms with Gasteiger partial charge in [0.05, 0.1) is 7.11 Å². The van der Waals surface area contributed by atoms with Crippen molar-refractivity contribution in [3.05, 3.63) is 54.1 Å². The van der Waals surface area contributed by atoms with Crippen molar-refractivity contribution in [1.29, 1.82) is 0 Å². The van der Waals surface area contributed by atoms with E-state index in [0.29, 0.717) is 0 Å². The fourth-order valence-electron chi connectivity index (χ4n) is 1.81. The standard InChI is InChI=1S/C17H20O2/c1-17(2,3)13-6-5-7-16(12-13)19-15-10-8-14(18-4)9-11-15/h5-12H,1-4H3. The van der Waals surface area contributed by atoms with E-state index < -0.39 is 0 Å². The lowest BCUT2D eigenvalue weighted by Gasteiger charge is -2.19. The lowest BCUT2D eigenvalue weighted by molar-refractivity contribution is 0.412. The third-order valence-corrected chi connectivity index (χ3v) is 3.00. The van der Waals surface area contributed by atoms with Gasteiger partial charge in [-0.3, -0.25) is 0 Å². The normalized spacial score (nSPS) is 11.2. The van der Waals surface area contributed by atoms with E-state index in [-0.39, 0.29) is 5.41 Å². The Hall–Kier alpha value is -1.96. The fourth-order valence-corrected chi connectivity index (χ4v) is 1.81. The average molecular weight is 256 g/mol. The Labute approximate surface area is 115 Å². The highest BCUT2D eigenvalue weighted by molar-refractivity contribution is 5.38. The molecule has 2 nitrogen and oxygen atoms in total. The van der Waals surface area contributed by atoms with Crippen LogP contribution in [0.15, 0.2) is 48.5 Å². The van der Waals surface area contributed by atoms with Crippen molar-refractivity contribution >= 4 is 0 Å². The van der Waals surface area contributed by atoms with Crippen LogP contribution < -0.4 is 9.47 Å².